The number of nitrogens with zero attached hydrogens (tertiary/aromatic N) is 1. The lowest BCUT2D eigenvalue weighted by Gasteiger charge is -2.22. The molecule has 1 aliphatic heterocycles. The van der Waals surface area contributed by atoms with Crippen LogP contribution in [0.3, 0.4) is 0 Å². The van der Waals surface area contributed by atoms with Gasteiger partial charge in [-0.15, -0.1) is 0 Å². The molecule has 0 aliphatic carbocycles. The fraction of sp³-hybridized carbons (Fsp3) is 0.308. The van der Waals surface area contributed by atoms with E-state index in [1.165, 1.54) is 12.1 Å². The van der Waals surface area contributed by atoms with Crippen LogP contribution in [0, 0.1) is 10.1 Å². The summed E-state index contributed by atoms with van der Waals surface area (Å²) in [7, 11) is 0. The molecule has 1 aromatic carbocycles. The van der Waals surface area contributed by atoms with Crippen molar-refractivity contribution >= 4 is 22.6 Å². The molecule has 0 aromatic heterocycles. The van der Waals surface area contributed by atoms with E-state index in [-0.39, 0.29) is 16.6 Å². The minimum atomic E-state index is -0.683. The molecule has 0 fully saturated rings. The van der Waals surface area contributed by atoms with Gasteiger partial charge in [-0.1, -0.05) is 23.9 Å². The fourth-order valence-corrected chi connectivity index (χ4v) is 3.22. The van der Waals surface area contributed by atoms with E-state index >= 15 is 0 Å². The quantitative estimate of drug-likeness (QED) is 0.679. The second-order valence-electron chi connectivity index (χ2n) is 4.69. The summed E-state index contributed by atoms with van der Waals surface area (Å²) in [6.07, 6.45) is 0.449. The van der Waals surface area contributed by atoms with E-state index in [9.17, 15) is 20.0 Å². The molecule has 1 unspecified atom stereocenters. The lowest BCUT2D eigenvalue weighted by Crippen LogP contribution is -2.23. The number of thioether (sulfide) groups is 1. The van der Waals surface area contributed by atoms with E-state index in [1.807, 2.05) is 0 Å². The maximum absolute atomic E-state index is 11.6. The first kappa shape index (κ1) is 13.6. The number of benzene rings is 1. The number of carbonyl (C=O) groups excluding carboxylic acids is 1. The Hall–Kier alpha value is -1.82. The Morgan fingerprint density at radius 2 is 1.95 bits per heavy atom. The number of carbonyl (C=O) groups is 1. The molecule has 100 valence electrons. The summed E-state index contributed by atoms with van der Waals surface area (Å²) in [5.41, 5.74) is 1.25. The molecule has 0 saturated carbocycles. The first-order valence-corrected chi connectivity index (χ1v) is 6.52. The van der Waals surface area contributed by atoms with Crippen LogP contribution in [0.4, 0.5) is 5.69 Å². The monoisotopic (exact) mass is 279 g/mol. The predicted octanol–water partition coefficient (Wildman–Crippen LogP) is 3.00. The Bertz CT molecular complexity index is 579. The number of nitro groups is 1. The highest BCUT2D eigenvalue weighted by Gasteiger charge is 2.41. The van der Waals surface area contributed by atoms with Gasteiger partial charge in [-0.05, 0) is 25.8 Å². The average Bonchev–Trinajstić information content (AvgIpc) is 2.54. The standard InChI is InChI=1S/C13H13NO4S/c1-8-11(15)13(2,19-12(8)16)7-9-3-5-10(6-4-9)14(17)18/h3-6,15H,7H2,1-2H3. The zero-order valence-electron chi connectivity index (χ0n) is 10.5. The molecule has 1 aliphatic rings. The van der Waals surface area contributed by atoms with Crippen molar-refractivity contribution in [2.24, 2.45) is 0 Å². The molecule has 0 spiro atoms. The van der Waals surface area contributed by atoms with Gasteiger partial charge in [-0.2, -0.15) is 0 Å². The van der Waals surface area contributed by atoms with Crippen molar-refractivity contribution in [2.75, 3.05) is 0 Å². The number of aliphatic hydroxyl groups is 1. The van der Waals surface area contributed by atoms with Crippen molar-refractivity contribution in [1.82, 2.24) is 0 Å². The van der Waals surface area contributed by atoms with Gasteiger partial charge in [0.15, 0.2) is 0 Å². The first-order valence-electron chi connectivity index (χ1n) is 5.70. The number of nitro benzene ring substituents is 1. The zero-order valence-corrected chi connectivity index (χ0v) is 11.4. The van der Waals surface area contributed by atoms with E-state index < -0.39 is 9.67 Å². The number of hydrogen-bond donors (Lipinski definition) is 1. The summed E-state index contributed by atoms with van der Waals surface area (Å²) in [5.74, 6) is 0.0980. The average molecular weight is 279 g/mol. The van der Waals surface area contributed by atoms with Crippen LogP contribution < -0.4 is 0 Å². The highest BCUT2D eigenvalue weighted by atomic mass is 32.2. The summed E-state index contributed by atoms with van der Waals surface area (Å²) in [5, 5.41) is 20.5. The number of non-ortho nitro benzene ring substituents is 1. The third kappa shape index (κ3) is 2.49. The Kier molecular flexibility index (Phi) is 3.36. The van der Waals surface area contributed by atoms with Gasteiger partial charge < -0.3 is 5.11 Å². The Balaban J connectivity index is 2.22. The van der Waals surface area contributed by atoms with Crippen molar-refractivity contribution in [3.05, 3.63) is 51.3 Å². The topological polar surface area (TPSA) is 80.4 Å². The highest BCUT2D eigenvalue weighted by Crippen LogP contribution is 2.44. The molecule has 1 aromatic rings. The van der Waals surface area contributed by atoms with Crippen molar-refractivity contribution in [3.63, 3.8) is 0 Å². The van der Waals surface area contributed by atoms with Gasteiger partial charge in [0.25, 0.3) is 5.69 Å². The third-order valence-corrected chi connectivity index (χ3v) is 4.45. The second kappa shape index (κ2) is 4.70. The van der Waals surface area contributed by atoms with E-state index in [0.717, 1.165) is 17.3 Å². The van der Waals surface area contributed by atoms with E-state index in [1.54, 1.807) is 26.0 Å². The van der Waals surface area contributed by atoms with Crippen LogP contribution in [0.15, 0.2) is 35.6 Å². The summed E-state index contributed by atoms with van der Waals surface area (Å²) >= 11 is 1.09. The molecular weight excluding hydrogens is 266 g/mol. The lowest BCUT2D eigenvalue weighted by molar-refractivity contribution is -0.384. The van der Waals surface area contributed by atoms with E-state index in [2.05, 4.69) is 0 Å². The van der Waals surface area contributed by atoms with Gasteiger partial charge in [-0.25, -0.2) is 0 Å². The lowest BCUT2D eigenvalue weighted by atomic mass is 9.96. The summed E-state index contributed by atoms with van der Waals surface area (Å²) in [4.78, 5) is 21.7. The van der Waals surface area contributed by atoms with Crippen LogP contribution in [-0.4, -0.2) is 19.9 Å². The highest BCUT2D eigenvalue weighted by molar-refractivity contribution is 8.15. The van der Waals surface area contributed by atoms with Crippen LogP contribution in [0.1, 0.15) is 19.4 Å². The van der Waals surface area contributed by atoms with Crippen molar-refractivity contribution in [2.45, 2.75) is 25.0 Å². The van der Waals surface area contributed by atoms with Crippen molar-refractivity contribution in [1.29, 1.82) is 0 Å². The Morgan fingerprint density at radius 3 is 2.37 bits per heavy atom. The van der Waals surface area contributed by atoms with Crippen LogP contribution in [0.2, 0.25) is 0 Å². The first-order chi connectivity index (χ1) is 8.83. The zero-order chi connectivity index (χ0) is 14.2. The molecule has 1 N–H and O–H groups in total. The van der Waals surface area contributed by atoms with Gasteiger partial charge >= 0.3 is 0 Å². The van der Waals surface area contributed by atoms with Gasteiger partial charge in [-0.3, -0.25) is 14.9 Å². The molecule has 6 heteroatoms. The molecular formula is C13H13NO4S. The summed E-state index contributed by atoms with van der Waals surface area (Å²) < 4.78 is -0.683. The molecule has 1 heterocycles. The van der Waals surface area contributed by atoms with E-state index in [0.29, 0.717) is 12.0 Å². The maximum atomic E-state index is 11.6. The smallest absolute Gasteiger partial charge is 0.269 e. The molecule has 0 radical (unpaired) electrons. The molecule has 0 saturated heterocycles. The molecule has 0 bridgehead atoms. The number of aliphatic hydroxyl groups excluding tert-OH is 1. The molecule has 19 heavy (non-hydrogen) atoms. The van der Waals surface area contributed by atoms with Crippen LogP contribution >= 0.6 is 11.8 Å². The maximum Gasteiger partial charge on any atom is 0.269 e. The van der Waals surface area contributed by atoms with E-state index in [4.69, 9.17) is 0 Å². The van der Waals surface area contributed by atoms with Crippen molar-refractivity contribution in [3.8, 4) is 0 Å². The minimum Gasteiger partial charge on any atom is -0.510 e. The number of rotatable bonds is 3. The molecule has 5 nitrogen and oxygen atoms in total. The largest absolute Gasteiger partial charge is 0.510 e. The molecule has 0 amide bonds. The van der Waals surface area contributed by atoms with Crippen LogP contribution in [0.25, 0.3) is 0 Å². The van der Waals surface area contributed by atoms with Gasteiger partial charge in [0.05, 0.1) is 9.67 Å². The number of hydrogen-bond acceptors (Lipinski definition) is 5. The van der Waals surface area contributed by atoms with Gasteiger partial charge in [0.2, 0.25) is 5.12 Å². The fourth-order valence-electron chi connectivity index (χ4n) is 2.07. The van der Waals surface area contributed by atoms with Gasteiger partial charge in [0.1, 0.15) is 5.76 Å². The molecule has 1 atom stereocenters. The van der Waals surface area contributed by atoms with Crippen LogP contribution in [-0.2, 0) is 11.2 Å². The minimum absolute atomic E-state index is 0.0278. The molecule has 2 rings (SSSR count). The second-order valence-corrected chi connectivity index (χ2v) is 6.17. The summed E-state index contributed by atoms with van der Waals surface area (Å²) in [6, 6.07) is 6.15. The van der Waals surface area contributed by atoms with Crippen molar-refractivity contribution < 1.29 is 14.8 Å². The third-order valence-electron chi connectivity index (χ3n) is 3.17. The van der Waals surface area contributed by atoms with Gasteiger partial charge in [0, 0.05) is 17.7 Å². The Morgan fingerprint density at radius 1 is 1.37 bits per heavy atom. The Labute approximate surface area is 114 Å². The normalized spacial score (nSPS) is 22.9. The SMILES string of the molecule is CC1=C(O)C(C)(Cc2ccc([N+](=O)[O-])cc2)SC1=O. The summed E-state index contributed by atoms with van der Waals surface area (Å²) in [6.45, 7) is 3.40. The van der Waals surface area contributed by atoms with Crippen LogP contribution in [0.5, 0.6) is 0 Å². The predicted molar refractivity (Wildman–Crippen MR) is 73.1 cm³/mol.